The predicted molar refractivity (Wildman–Crippen MR) is 92.4 cm³/mol. The van der Waals surface area contributed by atoms with Crippen LogP contribution in [0.25, 0.3) is 0 Å². The lowest BCUT2D eigenvalue weighted by Gasteiger charge is -2.26. The van der Waals surface area contributed by atoms with E-state index >= 15 is 0 Å². The van der Waals surface area contributed by atoms with Gasteiger partial charge >= 0.3 is 6.03 Å². The highest BCUT2D eigenvalue weighted by Gasteiger charge is 2.44. The molecule has 1 aromatic rings. The highest BCUT2D eigenvalue weighted by molar-refractivity contribution is 6.06. The number of hydrogen-bond donors (Lipinski definition) is 1. The highest BCUT2D eigenvalue weighted by atomic mass is 16.5. The Hall–Kier alpha value is -2.09. The van der Waals surface area contributed by atoms with Crippen molar-refractivity contribution in [2.75, 3.05) is 26.7 Å². The Morgan fingerprint density at radius 1 is 1.32 bits per heavy atom. The summed E-state index contributed by atoms with van der Waals surface area (Å²) in [5, 5.41) is 7.21. The van der Waals surface area contributed by atoms with Gasteiger partial charge in [-0.05, 0) is 40.2 Å². The quantitative estimate of drug-likeness (QED) is 0.808. The van der Waals surface area contributed by atoms with Gasteiger partial charge in [0.1, 0.15) is 5.54 Å². The minimum Gasteiger partial charge on any atom is -0.481 e. The molecule has 1 aromatic heterocycles. The van der Waals surface area contributed by atoms with E-state index in [4.69, 9.17) is 4.74 Å². The molecule has 0 unspecified atom stereocenters. The molecule has 2 fully saturated rings. The number of nitrogens with zero attached hydrogens (tertiary/aromatic N) is 4. The predicted octanol–water partition coefficient (Wildman–Crippen LogP) is 1.20. The van der Waals surface area contributed by atoms with Gasteiger partial charge in [0.15, 0.2) is 0 Å². The van der Waals surface area contributed by atoms with Gasteiger partial charge in [-0.1, -0.05) is 0 Å². The maximum Gasteiger partial charge on any atom is 0.325 e. The van der Waals surface area contributed by atoms with Crippen molar-refractivity contribution in [3.05, 3.63) is 11.3 Å². The number of methoxy groups -OCH3 is 1. The SMILES string of the molecule is COc1c([C@H]2CCCN2CCN2C(=O)NC(C)(C)C2=O)c(C)nn1C. The number of aryl methyl sites for hydroxylation is 2. The first-order chi connectivity index (χ1) is 11.8. The molecule has 2 aliphatic rings. The molecule has 0 bridgehead atoms. The molecule has 25 heavy (non-hydrogen) atoms. The van der Waals surface area contributed by atoms with Crippen LogP contribution in [0.15, 0.2) is 0 Å². The lowest BCUT2D eigenvalue weighted by Crippen LogP contribution is -2.41. The van der Waals surface area contributed by atoms with E-state index in [9.17, 15) is 9.59 Å². The number of rotatable bonds is 5. The molecule has 8 nitrogen and oxygen atoms in total. The van der Waals surface area contributed by atoms with Crippen LogP contribution in [0.2, 0.25) is 0 Å². The molecule has 0 aromatic carbocycles. The summed E-state index contributed by atoms with van der Waals surface area (Å²) in [7, 11) is 3.54. The van der Waals surface area contributed by atoms with Crippen LogP contribution < -0.4 is 10.1 Å². The van der Waals surface area contributed by atoms with E-state index in [1.807, 2.05) is 14.0 Å². The number of aromatic nitrogens is 2. The first kappa shape index (κ1) is 17.7. The van der Waals surface area contributed by atoms with Crippen molar-refractivity contribution in [2.24, 2.45) is 7.05 Å². The molecule has 3 rings (SSSR count). The van der Waals surface area contributed by atoms with E-state index in [1.54, 1.807) is 25.6 Å². The lowest BCUT2D eigenvalue weighted by molar-refractivity contribution is -0.130. The molecule has 0 radical (unpaired) electrons. The third-order valence-electron chi connectivity index (χ3n) is 5.16. The Labute approximate surface area is 148 Å². The normalized spacial score (nSPS) is 23.4. The smallest absolute Gasteiger partial charge is 0.325 e. The maximum atomic E-state index is 12.3. The van der Waals surface area contributed by atoms with Gasteiger partial charge in [-0.25, -0.2) is 9.48 Å². The van der Waals surface area contributed by atoms with Crippen molar-refractivity contribution < 1.29 is 14.3 Å². The molecule has 3 heterocycles. The number of urea groups is 1. The summed E-state index contributed by atoms with van der Waals surface area (Å²) in [6.45, 7) is 7.44. The average molecular weight is 349 g/mol. The Morgan fingerprint density at radius 3 is 2.64 bits per heavy atom. The van der Waals surface area contributed by atoms with Crippen LogP contribution in [0.3, 0.4) is 0 Å². The van der Waals surface area contributed by atoms with Crippen molar-refractivity contribution in [3.8, 4) is 5.88 Å². The number of carbonyl (C=O) groups is 2. The second-order valence-electron chi connectivity index (χ2n) is 7.34. The van der Waals surface area contributed by atoms with Gasteiger partial charge in [-0.15, -0.1) is 0 Å². The molecule has 1 N–H and O–H groups in total. The molecular weight excluding hydrogens is 322 g/mol. The van der Waals surface area contributed by atoms with Crippen molar-refractivity contribution in [1.29, 1.82) is 0 Å². The van der Waals surface area contributed by atoms with Gasteiger partial charge in [-0.2, -0.15) is 5.10 Å². The van der Waals surface area contributed by atoms with Crippen LogP contribution in [0, 0.1) is 6.92 Å². The summed E-state index contributed by atoms with van der Waals surface area (Å²) in [6.07, 6.45) is 2.10. The Balaban J connectivity index is 1.73. The lowest BCUT2D eigenvalue weighted by atomic mass is 10.0. The summed E-state index contributed by atoms with van der Waals surface area (Å²) >= 11 is 0. The van der Waals surface area contributed by atoms with Crippen molar-refractivity contribution in [1.82, 2.24) is 24.9 Å². The minimum absolute atomic E-state index is 0.164. The molecule has 0 aliphatic carbocycles. The van der Waals surface area contributed by atoms with Crippen LogP contribution in [0.5, 0.6) is 5.88 Å². The summed E-state index contributed by atoms with van der Waals surface area (Å²) in [5.41, 5.74) is 1.26. The van der Waals surface area contributed by atoms with Gasteiger partial charge in [0, 0.05) is 26.2 Å². The fourth-order valence-corrected chi connectivity index (χ4v) is 3.95. The second kappa shape index (κ2) is 6.33. The Kier molecular flexibility index (Phi) is 4.49. The van der Waals surface area contributed by atoms with Crippen LogP contribution in [-0.2, 0) is 11.8 Å². The number of nitrogens with one attached hydrogen (secondary N) is 1. The molecular formula is C17H27N5O3. The fourth-order valence-electron chi connectivity index (χ4n) is 3.95. The molecule has 2 saturated heterocycles. The largest absolute Gasteiger partial charge is 0.481 e. The summed E-state index contributed by atoms with van der Waals surface area (Å²) in [5.74, 6) is 0.619. The van der Waals surface area contributed by atoms with E-state index in [0.717, 1.165) is 36.5 Å². The van der Waals surface area contributed by atoms with Crippen LogP contribution in [0.1, 0.15) is 44.0 Å². The Morgan fingerprint density at radius 2 is 2.04 bits per heavy atom. The Bertz CT molecular complexity index is 697. The number of amides is 3. The number of carbonyl (C=O) groups excluding carboxylic acids is 2. The highest BCUT2D eigenvalue weighted by Crippen LogP contribution is 2.38. The molecule has 2 aliphatic heterocycles. The third kappa shape index (κ3) is 2.99. The van der Waals surface area contributed by atoms with Gasteiger partial charge in [0.05, 0.1) is 18.4 Å². The summed E-state index contributed by atoms with van der Waals surface area (Å²) < 4.78 is 7.31. The van der Waals surface area contributed by atoms with Crippen molar-refractivity contribution in [3.63, 3.8) is 0 Å². The first-order valence-electron chi connectivity index (χ1n) is 8.72. The number of ether oxygens (including phenoxy) is 1. The first-order valence-corrected chi connectivity index (χ1v) is 8.72. The minimum atomic E-state index is -0.815. The molecule has 8 heteroatoms. The molecule has 0 saturated carbocycles. The zero-order chi connectivity index (χ0) is 18.4. The summed E-state index contributed by atoms with van der Waals surface area (Å²) in [4.78, 5) is 28.0. The maximum absolute atomic E-state index is 12.3. The van der Waals surface area contributed by atoms with Crippen LogP contribution >= 0.6 is 0 Å². The monoisotopic (exact) mass is 349 g/mol. The topological polar surface area (TPSA) is 79.7 Å². The number of likely N-dealkylation sites (tertiary alicyclic amines) is 1. The zero-order valence-electron chi connectivity index (χ0n) is 15.6. The van der Waals surface area contributed by atoms with Gasteiger partial charge in [-0.3, -0.25) is 14.6 Å². The van der Waals surface area contributed by atoms with E-state index in [0.29, 0.717) is 13.1 Å². The van der Waals surface area contributed by atoms with E-state index in [1.165, 1.54) is 4.90 Å². The van der Waals surface area contributed by atoms with E-state index in [-0.39, 0.29) is 18.0 Å². The third-order valence-corrected chi connectivity index (χ3v) is 5.16. The summed E-state index contributed by atoms with van der Waals surface area (Å²) in [6, 6.07) is -0.0988. The molecule has 0 spiro atoms. The molecule has 1 atom stereocenters. The van der Waals surface area contributed by atoms with E-state index in [2.05, 4.69) is 15.3 Å². The van der Waals surface area contributed by atoms with Crippen LogP contribution in [-0.4, -0.2) is 63.8 Å². The average Bonchev–Trinajstić information content (AvgIpc) is 3.14. The van der Waals surface area contributed by atoms with Crippen molar-refractivity contribution in [2.45, 2.75) is 45.2 Å². The fraction of sp³-hybridized carbons (Fsp3) is 0.706. The van der Waals surface area contributed by atoms with Gasteiger partial charge in [0.25, 0.3) is 5.91 Å². The van der Waals surface area contributed by atoms with Crippen LogP contribution in [0.4, 0.5) is 4.79 Å². The number of hydrogen-bond acceptors (Lipinski definition) is 5. The number of imide groups is 1. The molecule has 138 valence electrons. The van der Waals surface area contributed by atoms with Gasteiger partial charge in [0.2, 0.25) is 5.88 Å². The van der Waals surface area contributed by atoms with Crippen molar-refractivity contribution >= 4 is 11.9 Å². The van der Waals surface area contributed by atoms with E-state index < -0.39 is 5.54 Å². The standard InChI is InChI=1S/C17H27N5O3/c1-11-13(14(25-5)20(4)19-11)12-7-6-8-21(12)9-10-22-15(23)17(2,3)18-16(22)24/h12H,6-10H2,1-5H3,(H,18,24)/t12-/m1/s1. The molecule has 3 amide bonds. The van der Waals surface area contributed by atoms with Gasteiger partial charge < -0.3 is 10.1 Å². The zero-order valence-corrected chi connectivity index (χ0v) is 15.6. The second-order valence-corrected chi connectivity index (χ2v) is 7.34.